The average molecular weight is 314 g/mol. The van der Waals surface area contributed by atoms with E-state index in [0.29, 0.717) is 5.57 Å². The molecule has 0 aromatic carbocycles. The van der Waals surface area contributed by atoms with Gasteiger partial charge in [-0.3, -0.25) is 4.98 Å². The summed E-state index contributed by atoms with van der Waals surface area (Å²) in [6, 6.07) is 5.85. The summed E-state index contributed by atoms with van der Waals surface area (Å²) >= 11 is 0. The molecule has 102 valence electrons. The molecule has 1 aromatic rings. The molecule has 0 unspecified atom stereocenters. The Bertz CT molecular complexity index is 444. The second-order valence-corrected chi connectivity index (χ2v) is 4.09. The van der Waals surface area contributed by atoms with Crippen LogP contribution in [-0.4, -0.2) is 4.98 Å². The Morgan fingerprint density at radius 3 is 1.90 bits per heavy atom. The number of hydrogen-bond acceptors (Lipinski definition) is 2. The molecule has 21 heavy (non-hydrogen) atoms. The number of aromatic nitrogens is 1. The van der Waals surface area contributed by atoms with E-state index >= 15 is 0 Å². The third-order valence-corrected chi connectivity index (χ3v) is 2.67. The fourth-order valence-corrected chi connectivity index (χ4v) is 1.68. The summed E-state index contributed by atoms with van der Waals surface area (Å²) in [4.78, 5) is 3.92. The van der Waals surface area contributed by atoms with Crippen molar-refractivity contribution in [1.82, 2.24) is 4.98 Å². The first-order valence-electron chi connectivity index (χ1n) is 6.31. The van der Waals surface area contributed by atoms with Crippen LogP contribution in [0.3, 0.4) is 0 Å². The summed E-state index contributed by atoms with van der Waals surface area (Å²) in [5, 5.41) is 9.04. The predicted molar refractivity (Wildman–Crippen MR) is 79.8 cm³/mol. The molecule has 0 atom stereocenters. The fourth-order valence-electron chi connectivity index (χ4n) is 1.68. The van der Waals surface area contributed by atoms with Crippen molar-refractivity contribution in [3.63, 3.8) is 0 Å². The first-order valence-corrected chi connectivity index (χ1v) is 6.31. The molecule has 2 saturated carbocycles. The average Bonchev–Trinajstić information content (AvgIpc) is 3.21. The van der Waals surface area contributed by atoms with E-state index in [0.717, 1.165) is 11.5 Å². The molecule has 1 aromatic heterocycles. The van der Waals surface area contributed by atoms with Crippen molar-refractivity contribution in [2.75, 3.05) is 0 Å². The monoisotopic (exact) mass is 314 g/mol. The van der Waals surface area contributed by atoms with Crippen LogP contribution in [0.15, 0.2) is 30.6 Å². The van der Waals surface area contributed by atoms with Gasteiger partial charge in [0.1, 0.15) is 0 Å². The molecule has 0 bridgehead atoms. The van der Waals surface area contributed by atoms with Gasteiger partial charge in [0.15, 0.2) is 0 Å². The topological polar surface area (TPSA) is 36.7 Å². The maximum Gasteiger partial charge on any atom is 2.00 e. The van der Waals surface area contributed by atoms with Gasteiger partial charge in [-0.15, -0.1) is 0 Å². The van der Waals surface area contributed by atoms with Crippen molar-refractivity contribution >= 4 is 5.57 Å². The van der Waals surface area contributed by atoms with Crippen molar-refractivity contribution in [3.05, 3.63) is 99.9 Å². The van der Waals surface area contributed by atoms with Crippen molar-refractivity contribution < 1.29 is 17.1 Å². The number of allylic oxidation sites excluding steroid dienone is 2. The Kier molecular flexibility index (Phi) is 9.06. The number of rotatable bonds is 2. The molecular formula is C18H14FeN2+2. The van der Waals surface area contributed by atoms with Crippen molar-refractivity contribution in [3.8, 4) is 6.07 Å². The Balaban J connectivity index is 0.000000313. The maximum absolute atomic E-state index is 9.04. The second-order valence-electron chi connectivity index (χ2n) is 4.09. The van der Waals surface area contributed by atoms with E-state index < -0.39 is 0 Å². The van der Waals surface area contributed by atoms with Crippen LogP contribution in [0.4, 0.5) is 0 Å². The Morgan fingerprint density at radius 1 is 0.905 bits per heavy atom. The van der Waals surface area contributed by atoms with Crippen LogP contribution in [0, 0.1) is 75.0 Å². The molecular weight excluding hydrogens is 300 g/mol. The number of pyridine rings is 1. The largest absolute Gasteiger partial charge is 2.00 e. The molecule has 2 aliphatic carbocycles. The van der Waals surface area contributed by atoms with E-state index in [1.807, 2.05) is 76.0 Å². The predicted octanol–water partition coefficient (Wildman–Crippen LogP) is 3.41. The first kappa shape index (κ1) is 17.9. The van der Waals surface area contributed by atoms with Crippen molar-refractivity contribution in [1.29, 1.82) is 5.26 Å². The Morgan fingerprint density at radius 2 is 1.43 bits per heavy atom. The molecule has 3 heteroatoms. The summed E-state index contributed by atoms with van der Waals surface area (Å²) in [7, 11) is 0. The third-order valence-electron chi connectivity index (χ3n) is 2.67. The zero-order valence-electron chi connectivity index (χ0n) is 11.3. The summed E-state index contributed by atoms with van der Waals surface area (Å²) in [6.07, 6.45) is 23.1. The summed E-state index contributed by atoms with van der Waals surface area (Å²) in [5.41, 5.74) is 1.55. The van der Waals surface area contributed by atoms with Gasteiger partial charge >= 0.3 is 17.1 Å². The third kappa shape index (κ3) is 6.46. The Hall–Kier alpha value is -1.10. The van der Waals surface area contributed by atoms with E-state index in [1.165, 1.54) is 0 Å². The minimum absolute atomic E-state index is 0. The van der Waals surface area contributed by atoms with Crippen molar-refractivity contribution in [2.45, 2.75) is 0 Å². The van der Waals surface area contributed by atoms with E-state index in [1.54, 1.807) is 12.4 Å². The van der Waals surface area contributed by atoms with Gasteiger partial charge in [0.2, 0.25) is 0 Å². The van der Waals surface area contributed by atoms with Gasteiger partial charge in [-0.1, -0.05) is 6.08 Å². The quantitative estimate of drug-likeness (QED) is 0.619. The van der Waals surface area contributed by atoms with Gasteiger partial charge in [0, 0.05) is 18.3 Å². The van der Waals surface area contributed by atoms with Gasteiger partial charge < -0.3 is 0 Å². The van der Waals surface area contributed by atoms with Gasteiger partial charge in [0.05, 0.1) is 11.6 Å². The van der Waals surface area contributed by atoms with E-state index in [9.17, 15) is 0 Å². The zero-order chi connectivity index (χ0) is 14.0. The van der Waals surface area contributed by atoms with Gasteiger partial charge in [-0.2, -0.15) is 5.26 Å². The van der Waals surface area contributed by atoms with Crippen LogP contribution in [0.2, 0.25) is 0 Å². The number of nitriles is 1. The standard InChI is InChI=1S/C13H9N2.C5H5.Fe/c14-10-13(9-11-3-1-2-4-11)12-5-7-15-8-6-12;1-2-4-5-3-1;/h1-9H;1-5H;/q;;+2/b13-9+;;. The van der Waals surface area contributed by atoms with Crippen LogP contribution in [0.1, 0.15) is 5.56 Å². The van der Waals surface area contributed by atoms with E-state index in [-0.39, 0.29) is 17.1 Å². The summed E-state index contributed by atoms with van der Waals surface area (Å²) in [5.74, 6) is 1.04. The first-order chi connectivity index (χ1) is 9.90. The van der Waals surface area contributed by atoms with Crippen LogP contribution < -0.4 is 0 Å². The molecule has 0 amide bonds. The van der Waals surface area contributed by atoms with Gasteiger partial charge in [0.25, 0.3) is 0 Å². The van der Waals surface area contributed by atoms with Crippen LogP contribution in [0.5, 0.6) is 0 Å². The molecule has 0 aliphatic heterocycles. The van der Waals surface area contributed by atoms with Crippen LogP contribution in [0.25, 0.3) is 5.57 Å². The molecule has 10 radical (unpaired) electrons. The summed E-state index contributed by atoms with van der Waals surface area (Å²) < 4.78 is 0. The van der Waals surface area contributed by atoms with Crippen LogP contribution >= 0.6 is 0 Å². The maximum atomic E-state index is 9.04. The van der Waals surface area contributed by atoms with Crippen molar-refractivity contribution in [2.24, 2.45) is 0 Å². The van der Waals surface area contributed by atoms with E-state index in [2.05, 4.69) is 11.1 Å². The molecule has 2 nitrogen and oxygen atoms in total. The SMILES string of the molecule is N#C/C(=C\[C]1[CH][CH][CH][CH]1)c1ccncc1.[CH]1[CH][CH][CH][CH]1.[Fe+2]. The van der Waals surface area contributed by atoms with Gasteiger partial charge in [-0.25, -0.2) is 0 Å². The molecule has 3 rings (SSSR count). The summed E-state index contributed by atoms with van der Waals surface area (Å²) in [6.45, 7) is 0. The second kappa shape index (κ2) is 10.6. The molecule has 0 saturated heterocycles. The number of hydrogen-bond donors (Lipinski definition) is 0. The molecule has 0 spiro atoms. The zero-order valence-corrected chi connectivity index (χ0v) is 12.4. The normalized spacial score (nSPS) is 18.3. The molecule has 1 heterocycles. The molecule has 2 fully saturated rings. The van der Waals surface area contributed by atoms with Gasteiger partial charge in [-0.05, 0) is 75.5 Å². The van der Waals surface area contributed by atoms with Crippen LogP contribution in [-0.2, 0) is 17.1 Å². The molecule has 2 aliphatic rings. The Labute approximate surface area is 139 Å². The number of nitrogens with zero attached hydrogens (tertiary/aromatic N) is 2. The molecule has 0 N–H and O–H groups in total. The fraction of sp³-hybridized carbons (Fsp3) is 0. The minimum atomic E-state index is 0. The smallest absolute Gasteiger partial charge is 0.265 e. The van der Waals surface area contributed by atoms with E-state index in [4.69, 9.17) is 5.26 Å². The minimum Gasteiger partial charge on any atom is -0.265 e.